The summed E-state index contributed by atoms with van der Waals surface area (Å²) in [7, 11) is 0. The second-order valence-corrected chi connectivity index (χ2v) is 4.64. The second kappa shape index (κ2) is 5.54. The lowest BCUT2D eigenvalue weighted by atomic mass is 9.99. The zero-order chi connectivity index (χ0) is 13.8. The normalized spacial score (nSPS) is 10.2. The molecule has 0 radical (unpaired) electrons. The van der Waals surface area contributed by atoms with Crippen LogP contribution in [0.4, 0.5) is 0 Å². The Morgan fingerprint density at radius 1 is 0.700 bits per heavy atom. The van der Waals surface area contributed by atoms with Gasteiger partial charge in [-0.1, -0.05) is 67.2 Å². The van der Waals surface area contributed by atoms with Gasteiger partial charge >= 0.3 is 0 Å². The Bertz CT molecular complexity index is 698. The van der Waals surface area contributed by atoms with Gasteiger partial charge in [0.05, 0.1) is 5.69 Å². The van der Waals surface area contributed by atoms with Crippen molar-refractivity contribution in [2.24, 2.45) is 0 Å². The van der Waals surface area contributed by atoms with E-state index in [9.17, 15) is 0 Å². The molecule has 0 saturated carbocycles. The molecular weight excluding hydrogens is 242 g/mol. The van der Waals surface area contributed by atoms with E-state index < -0.39 is 0 Å². The lowest BCUT2D eigenvalue weighted by Crippen LogP contribution is -1.89. The molecule has 3 aromatic rings. The predicted octanol–water partition coefficient (Wildman–Crippen LogP) is 4.81. The number of hydrogen-bond donors (Lipinski definition) is 0. The summed E-state index contributed by atoms with van der Waals surface area (Å²) in [6, 6.07) is 24.7. The molecule has 20 heavy (non-hydrogen) atoms. The number of pyridine rings is 1. The summed E-state index contributed by atoms with van der Waals surface area (Å²) in [5.74, 6) is 0. The molecule has 0 unspecified atom stereocenters. The zero-order valence-corrected chi connectivity index (χ0v) is 11.2. The van der Waals surface area contributed by atoms with Crippen LogP contribution in [0.1, 0.15) is 11.3 Å². The molecule has 3 rings (SSSR count). The van der Waals surface area contributed by atoms with Crippen molar-refractivity contribution in [2.45, 2.75) is 0 Å². The SMILES string of the molecule is C=C(c1ccc(-c2ccccc2)cc1)c1ccccn1. The van der Waals surface area contributed by atoms with E-state index >= 15 is 0 Å². The zero-order valence-electron chi connectivity index (χ0n) is 11.2. The molecule has 1 heterocycles. The fourth-order valence-electron chi connectivity index (χ4n) is 2.18. The molecule has 0 N–H and O–H groups in total. The molecule has 0 amide bonds. The van der Waals surface area contributed by atoms with Crippen molar-refractivity contribution in [1.29, 1.82) is 0 Å². The monoisotopic (exact) mass is 257 g/mol. The second-order valence-electron chi connectivity index (χ2n) is 4.64. The van der Waals surface area contributed by atoms with Crippen LogP contribution in [0.5, 0.6) is 0 Å². The van der Waals surface area contributed by atoms with E-state index in [2.05, 4.69) is 60.1 Å². The fraction of sp³-hybridized carbons (Fsp3) is 0. The molecule has 1 nitrogen and oxygen atoms in total. The number of rotatable bonds is 3. The van der Waals surface area contributed by atoms with E-state index in [-0.39, 0.29) is 0 Å². The van der Waals surface area contributed by atoms with Crippen LogP contribution in [0.15, 0.2) is 85.6 Å². The fourth-order valence-corrected chi connectivity index (χ4v) is 2.18. The van der Waals surface area contributed by atoms with Gasteiger partial charge in [0, 0.05) is 11.8 Å². The van der Waals surface area contributed by atoms with Crippen LogP contribution in [-0.2, 0) is 0 Å². The summed E-state index contributed by atoms with van der Waals surface area (Å²) in [5, 5.41) is 0. The number of benzene rings is 2. The molecule has 0 atom stereocenters. The van der Waals surface area contributed by atoms with Crippen LogP contribution < -0.4 is 0 Å². The van der Waals surface area contributed by atoms with Gasteiger partial charge in [-0.05, 0) is 28.8 Å². The van der Waals surface area contributed by atoms with Gasteiger partial charge in [0.2, 0.25) is 0 Å². The number of hydrogen-bond acceptors (Lipinski definition) is 1. The lowest BCUT2D eigenvalue weighted by Gasteiger charge is -2.07. The highest BCUT2D eigenvalue weighted by molar-refractivity contribution is 5.77. The summed E-state index contributed by atoms with van der Waals surface area (Å²) < 4.78 is 0. The summed E-state index contributed by atoms with van der Waals surface area (Å²) in [6.07, 6.45) is 1.79. The third-order valence-electron chi connectivity index (χ3n) is 3.31. The average Bonchev–Trinajstić information content (AvgIpc) is 2.56. The maximum atomic E-state index is 4.34. The molecule has 0 spiro atoms. The molecule has 0 aliphatic carbocycles. The molecule has 2 aromatic carbocycles. The van der Waals surface area contributed by atoms with Gasteiger partial charge in [0.1, 0.15) is 0 Å². The van der Waals surface area contributed by atoms with Gasteiger partial charge in [-0.15, -0.1) is 0 Å². The number of aromatic nitrogens is 1. The minimum absolute atomic E-state index is 0.917. The maximum Gasteiger partial charge on any atom is 0.0701 e. The van der Waals surface area contributed by atoms with Crippen molar-refractivity contribution in [3.05, 3.63) is 96.8 Å². The van der Waals surface area contributed by atoms with Crippen LogP contribution in [-0.4, -0.2) is 4.98 Å². The van der Waals surface area contributed by atoms with Crippen molar-refractivity contribution in [2.75, 3.05) is 0 Å². The molecule has 0 aliphatic rings. The Hall–Kier alpha value is -2.67. The molecular formula is C19H15N. The topological polar surface area (TPSA) is 12.9 Å². The van der Waals surface area contributed by atoms with Crippen LogP contribution in [0.3, 0.4) is 0 Å². The smallest absolute Gasteiger partial charge is 0.0701 e. The van der Waals surface area contributed by atoms with E-state index in [1.54, 1.807) is 6.20 Å². The first-order valence-corrected chi connectivity index (χ1v) is 6.61. The third kappa shape index (κ3) is 2.52. The molecule has 96 valence electrons. The van der Waals surface area contributed by atoms with Crippen molar-refractivity contribution >= 4 is 5.57 Å². The van der Waals surface area contributed by atoms with E-state index in [4.69, 9.17) is 0 Å². The van der Waals surface area contributed by atoms with Crippen molar-refractivity contribution in [3.8, 4) is 11.1 Å². The van der Waals surface area contributed by atoms with E-state index in [0.717, 1.165) is 16.8 Å². The Labute approximate surface area is 119 Å². The van der Waals surface area contributed by atoms with Gasteiger partial charge < -0.3 is 0 Å². The molecule has 0 saturated heterocycles. The quantitative estimate of drug-likeness (QED) is 0.656. The first-order valence-electron chi connectivity index (χ1n) is 6.61. The molecule has 0 bridgehead atoms. The highest BCUT2D eigenvalue weighted by Gasteiger charge is 2.03. The van der Waals surface area contributed by atoms with Crippen molar-refractivity contribution < 1.29 is 0 Å². The van der Waals surface area contributed by atoms with Gasteiger partial charge in [0.25, 0.3) is 0 Å². The predicted molar refractivity (Wildman–Crippen MR) is 84.3 cm³/mol. The summed E-state index contributed by atoms with van der Waals surface area (Å²) in [6.45, 7) is 4.14. The first-order chi connectivity index (χ1) is 9.84. The van der Waals surface area contributed by atoms with Crippen LogP contribution in [0.2, 0.25) is 0 Å². The van der Waals surface area contributed by atoms with Gasteiger partial charge in [-0.2, -0.15) is 0 Å². The molecule has 1 heteroatoms. The minimum atomic E-state index is 0.917. The van der Waals surface area contributed by atoms with E-state index in [1.807, 2.05) is 24.3 Å². The van der Waals surface area contributed by atoms with E-state index in [0.29, 0.717) is 0 Å². The molecule has 0 aliphatic heterocycles. The first kappa shape index (κ1) is 12.4. The van der Waals surface area contributed by atoms with E-state index in [1.165, 1.54) is 11.1 Å². The van der Waals surface area contributed by atoms with Crippen LogP contribution in [0.25, 0.3) is 16.7 Å². The van der Waals surface area contributed by atoms with Crippen LogP contribution >= 0.6 is 0 Å². The van der Waals surface area contributed by atoms with Crippen molar-refractivity contribution in [3.63, 3.8) is 0 Å². The lowest BCUT2D eigenvalue weighted by molar-refractivity contribution is 1.27. The molecule has 1 aromatic heterocycles. The van der Waals surface area contributed by atoms with Gasteiger partial charge in [-0.25, -0.2) is 0 Å². The highest BCUT2D eigenvalue weighted by Crippen LogP contribution is 2.24. The summed E-state index contributed by atoms with van der Waals surface area (Å²) in [4.78, 5) is 4.34. The van der Waals surface area contributed by atoms with Gasteiger partial charge in [-0.3, -0.25) is 4.98 Å². The Morgan fingerprint density at radius 3 is 2.00 bits per heavy atom. The van der Waals surface area contributed by atoms with Crippen molar-refractivity contribution in [1.82, 2.24) is 4.98 Å². The summed E-state index contributed by atoms with van der Waals surface area (Å²) in [5.41, 5.74) is 5.40. The molecule has 0 fully saturated rings. The number of nitrogens with zero attached hydrogens (tertiary/aromatic N) is 1. The Morgan fingerprint density at radius 2 is 1.35 bits per heavy atom. The Balaban J connectivity index is 1.89. The largest absolute Gasteiger partial charge is 0.256 e. The summed E-state index contributed by atoms with van der Waals surface area (Å²) >= 11 is 0. The maximum absolute atomic E-state index is 4.34. The minimum Gasteiger partial charge on any atom is -0.256 e. The van der Waals surface area contributed by atoms with Crippen LogP contribution in [0, 0.1) is 0 Å². The average molecular weight is 257 g/mol. The standard InChI is InChI=1S/C19H15N/c1-15(19-9-5-6-14-20-19)16-10-12-18(13-11-16)17-7-3-2-4-8-17/h2-14H,1H2. The third-order valence-corrected chi connectivity index (χ3v) is 3.31. The van der Waals surface area contributed by atoms with Gasteiger partial charge in [0.15, 0.2) is 0 Å². The highest BCUT2D eigenvalue weighted by atomic mass is 14.7. The Kier molecular flexibility index (Phi) is 3.42.